The highest BCUT2D eigenvalue weighted by molar-refractivity contribution is 6.03. The Bertz CT molecular complexity index is 1020. The lowest BCUT2D eigenvalue weighted by Gasteiger charge is -2.05. The van der Waals surface area contributed by atoms with Crippen molar-refractivity contribution in [3.63, 3.8) is 0 Å². The summed E-state index contributed by atoms with van der Waals surface area (Å²) >= 11 is 0. The highest BCUT2D eigenvalue weighted by Gasteiger charge is 2.12. The number of benzene rings is 1. The summed E-state index contributed by atoms with van der Waals surface area (Å²) in [5.74, 6) is 0.0255. The van der Waals surface area contributed by atoms with Gasteiger partial charge in [0.05, 0.1) is 17.6 Å². The van der Waals surface area contributed by atoms with E-state index in [1.165, 1.54) is 12.1 Å². The van der Waals surface area contributed by atoms with Crippen LogP contribution in [-0.4, -0.2) is 30.6 Å². The maximum atomic E-state index is 13.0. The number of halogens is 1. The smallest absolute Gasteiger partial charge is 0.273 e. The number of aromatic amines is 1. The summed E-state index contributed by atoms with van der Waals surface area (Å²) in [5, 5.41) is 9.52. The van der Waals surface area contributed by atoms with Gasteiger partial charge in [0.2, 0.25) is 0 Å². The van der Waals surface area contributed by atoms with Crippen molar-refractivity contribution < 1.29 is 9.18 Å². The molecule has 8 heteroatoms. The lowest BCUT2D eigenvalue weighted by atomic mass is 10.1. The van der Waals surface area contributed by atoms with Gasteiger partial charge >= 0.3 is 0 Å². The largest absolute Gasteiger partial charge is 0.319 e. The molecule has 0 aliphatic rings. The molecule has 0 radical (unpaired) electrons. The maximum absolute atomic E-state index is 13.0. The molecule has 2 N–H and O–H groups in total. The summed E-state index contributed by atoms with van der Waals surface area (Å²) in [7, 11) is 0. The summed E-state index contributed by atoms with van der Waals surface area (Å²) in [6, 6.07) is 11.0. The minimum Gasteiger partial charge on any atom is -0.319 e. The molecule has 0 saturated heterocycles. The molecule has 0 aliphatic heterocycles. The number of amides is 1. The third-order valence-electron chi connectivity index (χ3n) is 3.74. The molecule has 0 spiro atoms. The standard InChI is InChI=1S/C18H13FN6O/c19-13-3-1-12(2-4-13)15-9-16(24-23-15)18(26)22-14-5-6-17(21-10-14)25-8-7-20-11-25/h1-11H,(H,22,26)(H,23,24). The van der Waals surface area contributed by atoms with Crippen molar-refractivity contribution in [2.75, 3.05) is 5.32 Å². The van der Waals surface area contributed by atoms with Gasteiger partial charge in [-0.1, -0.05) is 0 Å². The Hall–Kier alpha value is -3.81. The molecule has 1 aromatic carbocycles. The van der Waals surface area contributed by atoms with Crippen molar-refractivity contribution in [2.24, 2.45) is 0 Å². The van der Waals surface area contributed by atoms with Crippen molar-refractivity contribution in [3.05, 3.63) is 78.9 Å². The van der Waals surface area contributed by atoms with Crippen molar-refractivity contribution >= 4 is 11.6 Å². The molecular formula is C18H13FN6O. The predicted octanol–water partition coefficient (Wildman–Crippen LogP) is 3.05. The Balaban J connectivity index is 1.47. The van der Waals surface area contributed by atoms with Crippen LogP contribution in [0.5, 0.6) is 0 Å². The molecule has 3 heterocycles. The van der Waals surface area contributed by atoms with E-state index in [1.54, 1.807) is 59.8 Å². The SMILES string of the molecule is O=C(Nc1ccc(-n2ccnc2)nc1)c1cc(-c2ccc(F)cc2)n[nH]1. The zero-order valence-corrected chi connectivity index (χ0v) is 13.4. The molecule has 0 bridgehead atoms. The zero-order chi connectivity index (χ0) is 17.9. The van der Waals surface area contributed by atoms with Gasteiger partial charge in [0.1, 0.15) is 23.7 Å². The number of H-pyrrole nitrogens is 1. The first kappa shape index (κ1) is 15.7. The molecule has 0 fully saturated rings. The quantitative estimate of drug-likeness (QED) is 0.593. The summed E-state index contributed by atoms with van der Waals surface area (Å²) < 4.78 is 14.8. The molecule has 4 aromatic rings. The van der Waals surface area contributed by atoms with Crippen molar-refractivity contribution in [2.45, 2.75) is 0 Å². The van der Waals surface area contributed by atoms with Crippen LogP contribution in [0, 0.1) is 5.82 Å². The van der Waals surface area contributed by atoms with Crippen molar-refractivity contribution in [1.82, 2.24) is 24.7 Å². The number of aromatic nitrogens is 5. The van der Waals surface area contributed by atoms with Crippen LogP contribution in [0.1, 0.15) is 10.5 Å². The maximum Gasteiger partial charge on any atom is 0.273 e. The van der Waals surface area contributed by atoms with E-state index in [4.69, 9.17) is 0 Å². The fourth-order valence-electron chi connectivity index (χ4n) is 2.41. The van der Waals surface area contributed by atoms with Crippen molar-refractivity contribution in [3.8, 4) is 17.1 Å². The van der Waals surface area contributed by atoms with Gasteiger partial charge in [-0.05, 0) is 42.5 Å². The van der Waals surface area contributed by atoms with Gasteiger partial charge in [0.25, 0.3) is 5.91 Å². The molecule has 26 heavy (non-hydrogen) atoms. The predicted molar refractivity (Wildman–Crippen MR) is 93.3 cm³/mol. The summed E-state index contributed by atoms with van der Waals surface area (Å²) in [4.78, 5) is 20.6. The van der Waals surface area contributed by atoms with Gasteiger partial charge in [0, 0.05) is 18.0 Å². The topological polar surface area (TPSA) is 88.5 Å². The second-order valence-corrected chi connectivity index (χ2v) is 5.50. The van der Waals surface area contributed by atoms with E-state index in [0.717, 1.165) is 0 Å². The van der Waals surface area contributed by atoms with Gasteiger partial charge in [0.15, 0.2) is 0 Å². The minimum atomic E-state index is -0.344. The molecule has 0 unspecified atom stereocenters. The van der Waals surface area contributed by atoms with Crippen LogP contribution in [0.4, 0.5) is 10.1 Å². The van der Waals surface area contributed by atoms with E-state index >= 15 is 0 Å². The first-order valence-electron chi connectivity index (χ1n) is 7.76. The number of hydrogen-bond acceptors (Lipinski definition) is 4. The lowest BCUT2D eigenvalue weighted by Crippen LogP contribution is -2.12. The molecule has 128 valence electrons. The second-order valence-electron chi connectivity index (χ2n) is 5.50. The molecule has 1 amide bonds. The zero-order valence-electron chi connectivity index (χ0n) is 13.4. The van der Waals surface area contributed by atoms with E-state index in [1.807, 2.05) is 0 Å². The van der Waals surface area contributed by atoms with Crippen LogP contribution in [0.15, 0.2) is 67.4 Å². The fraction of sp³-hybridized carbons (Fsp3) is 0. The van der Waals surface area contributed by atoms with Gasteiger partial charge in [-0.2, -0.15) is 5.10 Å². The second kappa shape index (κ2) is 6.60. The molecule has 3 aromatic heterocycles. The number of anilines is 1. The van der Waals surface area contributed by atoms with Crippen LogP contribution < -0.4 is 5.32 Å². The Kier molecular flexibility index (Phi) is 3.98. The van der Waals surface area contributed by atoms with Gasteiger partial charge in [-0.15, -0.1) is 0 Å². The third-order valence-corrected chi connectivity index (χ3v) is 3.74. The minimum absolute atomic E-state index is 0.294. The third kappa shape index (κ3) is 3.20. The van der Waals surface area contributed by atoms with Crippen LogP contribution in [-0.2, 0) is 0 Å². The van der Waals surface area contributed by atoms with E-state index < -0.39 is 0 Å². The number of hydrogen-bond donors (Lipinski definition) is 2. The number of nitrogens with one attached hydrogen (secondary N) is 2. The Morgan fingerprint density at radius 3 is 2.69 bits per heavy atom. The van der Waals surface area contributed by atoms with Gasteiger partial charge in [-0.25, -0.2) is 14.4 Å². The number of carbonyl (C=O) groups excluding carboxylic acids is 1. The number of rotatable bonds is 4. The van der Waals surface area contributed by atoms with Gasteiger partial charge < -0.3 is 5.32 Å². The summed E-state index contributed by atoms with van der Waals surface area (Å²) in [6.07, 6.45) is 6.64. The summed E-state index contributed by atoms with van der Waals surface area (Å²) in [6.45, 7) is 0. The Morgan fingerprint density at radius 1 is 1.15 bits per heavy atom. The van der Waals surface area contributed by atoms with Crippen LogP contribution in [0.25, 0.3) is 17.1 Å². The average Bonchev–Trinajstić information content (AvgIpc) is 3.35. The van der Waals surface area contributed by atoms with E-state index in [-0.39, 0.29) is 11.7 Å². The van der Waals surface area contributed by atoms with Crippen LogP contribution in [0.2, 0.25) is 0 Å². The summed E-state index contributed by atoms with van der Waals surface area (Å²) in [5.41, 5.74) is 2.12. The van der Waals surface area contributed by atoms with Crippen molar-refractivity contribution in [1.29, 1.82) is 0 Å². The Morgan fingerprint density at radius 2 is 2.00 bits per heavy atom. The average molecular weight is 348 g/mol. The van der Waals surface area contributed by atoms with E-state index in [2.05, 4.69) is 25.5 Å². The highest BCUT2D eigenvalue weighted by atomic mass is 19.1. The number of carbonyl (C=O) groups is 1. The first-order valence-corrected chi connectivity index (χ1v) is 7.76. The number of nitrogens with zero attached hydrogens (tertiary/aromatic N) is 4. The monoisotopic (exact) mass is 348 g/mol. The molecule has 0 saturated carbocycles. The van der Waals surface area contributed by atoms with E-state index in [0.29, 0.717) is 28.5 Å². The van der Waals surface area contributed by atoms with E-state index in [9.17, 15) is 9.18 Å². The van der Waals surface area contributed by atoms with Crippen LogP contribution in [0.3, 0.4) is 0 Å². The molecule has 7 nitrogen and oxygen atoms in total. The molecular weight excluding hydrogens is 335 g/mol. The highest BCUT2D eigenvalue weighted by Crippen LogP contribution is 2.19. The van der Waals surface area contributed by atoms with Crippen LogP contribution >= 0.6 is 0 Å². The first-order chi connectivity index (χ1) is 12.7. The number of pyridine rings is 1. The lowest BCUT2D eigenvalue weighted by molar-refractivity contribution is 0.102. The number of imidazole rings is 1. The normalized spacial score (nSPS) is 10.7. The Labute approximate surface area is 147 Å². The molecule has 4 rings (SSSR count). The molecule has 0 atom stereocenters. The molecule has 0 aliphatic carbocycles. The van der Waals surface area contributed by atoms with Gasteiger partial charge in [-0.3, -0.25) is 14.5 Å². The fourth-order valence-corrected chi connectivity index (χ4v) is 2.41.